The van der Waals surface area contributed by atoms with E-state index in [1.54, 1.807) is 6.07 Å². The number of fused-ring (bicyclic) bond motifs is 1. The highest BCUT2D eigenvalue weighted by Gasteiger charge is 2.25. The molecular formula is C20H22FN7O3. The molecule has 10 nitrogen and oxygen atoms in total. The standard InChI is InChI=1S/C20H22FN7O3/c21-11-7-10(16(23)29)18(28-19(11)26-14-4-2-1-3-12(14)22)25-13-5-6-24-17-9(13)8-15(27-17)20(30)31/h5-8,12,14H,1-4,22H2,(H2,23,29)(H,30,31)(H3,24,25,26,27,28)/t12-,14+/m0/s1. The number of primary amides is 1. The lowest BCUT2D eigenvalue weighted by Gasteiger charge is -2.30. The van der Waals surface area contributed by atoms with Gasteiger partial charge in [0.05, 0.1) is 11.3 Å². The number of rotatable bonds is 6. The van der Waals surface area contributed by atoms with Crippen LogP contribution in [0.2, 0.25) is 0 Å². The molecule has 1 aliphatic rings. The maximum absolute atomic E-state index is 14.7. The summed E-state index contributed by atoms with van der Waals surface area (Å²) in [6.45, 7) is 0. The number of nitrogens with one attached hydrogen (secondary N) is 3. The van der Waals surface area contributed by atoms with Gasteiger partial charge in [-0.3, -0.25) is 4.79 Å². The number of pyridine rings is 2. The van der Waals surface area contributed by atoms with Gasteiger partial charge in [0.2, 0.25) is 0 Å². The van der Waals surface area contributed by atoms with Crippen LogP contribution < -0.4 is 22.1 Å². The minimum Gasteiger partial charge on any atom is -0.477 e. The maximum Gasteiger partial charge on any atom is 0.352 e. The second kappa shape index (κ2) is 8.19. The summed E-state index contributed by atoms with van der Waals surface area (Å²) in [4.78, 5) is 34.2. The highest BCUT2D eigenvalue weighted by Crippen LogP contribution is 2.29. The summed E-state index contributed by atoms with van der Waals surface area (Å²) in [6, 6.07) is 3.74. The first kappa shape index (κ1) is 20.5. The monoisotopic (exact) mass is 427 g/mol. The molecule has 0 saturated heterocycles. The number of hydrogen-bond acceptors (Lipinski definition) is 7. The fourth-order valence-electron chi connectivity index (χ4n) is 3.77. The van der Waals surface area contributed by atoms with Crippen molar-refractivity contribution < 1.29 is 19.1 Å². The summed E-state index contributed by atoms with van der Waals surface area (Å²) < 4.78 is 14.7. The highest BCUT2D eigenvalue weighted by molar-refractivity contribution is 6.02. The first-order chi connectivity index (χ1) is 14.8. The highest BCUT2D eigenvalue weighted by atomic mass is 19.1. The molecule has 1 aliphatic carbocycles. The third kappa shape index (κ3) is 4.12. The minimum absolute atomic E-state index is 0.0337. The Balaban J connectivity index is 1.72. The van der Waals surface area contributed by atoms with E-state index in [1.807, 2.05) is 0 Å². The summed E-state index contributed by atoms with van der Waals surface area (Å²) in [5, 5.41) is 15.7. The summed E-state index contributed by atoms with van der Waals surface area (Å²) in [7, 11) is 0. The van der Waals surface area contributed by atoms with Crippen molar-refractivity contribution in [2.24, 2.45) is 11.5 Å². The molecule has 0 bridgehead atoms. The van der Waals surface area contributed by atoms with Crippen LogP contribution in [0.3, 0.4) is 0 Å². The van der Waals surface area contributed by atoms with E-state index in [2.05, 4.69) is 25.6 Å². The zero-order valence-corrected chi connectivity index (χ0v) is 16.5. The average Bonchev–Trinajstić information content (AvgIpc) is 3.17. The van der Waals surface area contributed by atoms with E-state index in [0.717, 1.165) is 31.7 Å². The molecule has 3 aromatic rings. The van der Waals surface area contributed by atoms with Crippen LogP contribution in [0, 0.1) is 5.82 Å². The van der Waals surface area contributed by atoms with Crippen LogP contribution in [0.4, 0.5) is 21.7 Å². The largest absolute Gasteiger partial charge is 0.477 e. The molecule has 1 fully saturated rings. The van der Waals surface area contributed by atoms with E-state index in [-0.39, 0.29) is 35.0 Å². The SMILES string of the molecule is NC(=O)c1cc(F)c(N[C@@H]2CCCC[C@@H]2N)nc1Nc1ccnc2[nH]c(C(=O)O)cc12. The number of hydrogen-bond donors (Lipinski definition) is 6. The van der Waals surface area contributed by atoms with E-state index >= 15 is 0 Å². The Morgan fingerprint density at radius 1 is 1.23 bits per heavy atom. The summed E-state index contributed by atoms with van der Waals surface area (Å²) >= 11 is 0. The van der Waals surface area contributed by atoms with E-state index in [9.17, 15) is 19.1 Å². The van der Waals surface area contributed by atoms with Crippen molar-refractivity contribution in [3.63, 3.8) is 0 Å². The van der Waals surface area contributed by atoms with Crippen molar-refractivity contribution in [1.82, 2.24) is 15.0 Å². The Kier molecular flexibility index (Phi) is 5.42. The van der Waals surface area contributed by atoms with Gasteiger partial charge in [0.1, 0.15) is 17.2 Å². The molecule has 0 aliphatic heterocycles. The van der Waals surface area contributed by atoms with Gasteiger partial charge in [0, 0.05) is 23.7 Å². The summed E-state index contributed by atoms with van der Waals surface area (Å²) in [5.41, 5.74) is 12.1. The number of aromatic nitrogens is 3. The lowest BCUT2D eigenvalue weighted by Crippen LogP contribution is -2.43. The van der Waals surface area contributed by atoms with E-state index < -0.39 is 17.7 Å². The average molecular weight is 427 g/mol. The van der Waals surface area contributed by atoms with Gasteiger partial charge >= 0.3 is 5.97 Å². The Morgan fingerprint density at radius 2 is 2.00 bits per heavy atom. The zero-order valence-electron chi connectivity index (χ0n) is 16.5. The molecule has 0 radical (unpaired) electrons. The second-order valence-corrected chi connectivity index (χ2v) is 7.51. The normalized spacial score (nSPS) is 18.6. The number of carboxylic acids is 1. The fourth-order valence-corrected chi connectivity index (χ4v) is 3.77. The Hall–Kier alpha value is -3.73. The molecule has 3 heterocycles. The number of amides is 1. The fraction of sp³-hybridized carbons (Fsp3) is 0.300. The van der Waals surface area contributed by atoms with Crippen molar-refractivity contribution in [1.29, 1.82) is 0 Å². The van der Waals surface area contributed by atoms with Crippen molar-refractivity contribution in [2.75, 3.05) is 10.6 Å². The number of carbonyl (C=O) groups excluding carboxylic acids is 1. The van der Waals surface area contributed by atoms with Gasteiger partial charge in [-0.25, -0.2) is 19.2 Å². The van der Waals surface area contributed by atoms with Gasteiger partial charge in [-0.05, 0) is 31.0 Å². The van der Waals surface area contributed by atoms with Crippen LogP contribution in [0.5, 0.6) is 0 Å². The Bertz CT molecular complexity index is 1160. The number of aromatic amines is 1. The lowest BCUT2D eigenvalue weighted by atomic mass is 9.91. The molecule has 8 N–H and O–H groups in total. The molecule has 11 heteroatoms. The number of aromatic carboxylic acids is 1. The van der Waals surface area contributed by atoms with Crippen LogP contribution >= 0.6 is 0 Å². The molecule has 2 atom stereocenters. The molecule has 3 aromatic heterocycles. The number of carboxylic acid groups (broad SMARTS) is 1. The molecule has 0 aromatic carbocycles. The van der Waals surface area contributed by atoms with Crippen LogP contribution in [0.15, 0.2) is 24.4 Å². The lowest BCUT2D eigenvalue weighted by molar-refractivity contribution is 0.0691. The summed E-state index contributed by atoms with van der Waals surface area (Å²) in [6.07, 6.45) is 5.08. The number of anilines is 3. The quantitative estimate of drug-likeness (QED) is 0.348. The third-order valence-electron chi connectivity index (χ3n) is 5.40. The molecule has 4 rings (SSSR count). The smallest absolute Gasteiger partial charge is 0.352 e. The van der Waals surface area contributed by atoms with Crippen molar-refractivity contribution in [3.8, 4) is 0 Å². The second-order valence-electron chi connectivity index (χ2n) is 7.51. The molecule has 31 heavy (non-hydrogen) atoms. The first-order valence-corrected chi connectivity index (χ1v) is 9.84. The van der Waals surface area contributed by atoms with Crippen LogP contribution in [-0.2, 0) is 0 Å². The molecule has 1 amide bonds. The minimum atomic E-state index is -1.14. The summed E-state index contributed by atoms with van der Waals surface area (Å²) in [5.74, 6) is -2.73. The Labute approximate surface area is 176 Å². The van der Waals surface area contributed by atoms with Crippen molar-refractivity contribution in [3.05, 3.63) is 41.5 Å². The maximum atomic E-state index is 14.7. The van der Waals surface area contributed by atoms with Crippen LogP contribution in [0.25, 0.3) is 11.0 Å². The number of nitrogens with zero attached hydrogens (tertiary/aromatic N) is 2. The number of H-pyrrole nitrogens is 1. The molecule has 0 unspecified atom stereocenters. The van der Waals surface area contributed by atoms with Crippen molar-refractivity contribution >= 4 is 40.2 Å². The number of nitrogens with two attached hydrogens (primary N) is 2. The zero-order chi connectivity index (χ0) is 22.1. The van der Waals surface area contributed by atoms with Crippen LogP contribution in [0.1, 0.15) is 46.5 Å². The van der Waals surface area contributed by atoms with E-state index in [4.69, 9.17) is 11.5 Å². The van der Waals surface area contributed by atoms with E-state index in [0.29, 0.717) is 16.7 Å². The topological polar surface area (TPSA) is 172 Å². The molecular weight excluding hydrogens is 405 g/mol. The van der Waals surface area contributed by atoms with Crippen molar-refractivity contribution in [2.45, 2.75) is 37.8 Å². The Morgan fingerprint density at radius 3 is 2.71 bits per heavy atom. The molecule has 0 spiro atoms. The van der Waals surface area contributed by atoms with Crippen LogP contribution in [-0.4, -0.2) is 44.0 Å². The van der Waals surface area contributed by atoms with Gasteiger partial charge < -0.3 is 32.2 Å². The third-order valence-corrected chi connectivity index (χ3v) is 5.40. The number of halogens is 1. The first-order valence-electron chi connectivity index (χ1n) is 9.84. The van der Waals surface area contributed by atoms with E-state index in [1.165, 1.54) is 12.3 Å². The van der Waals surface area contributed by atoms with Gasteiger partial charge in [-0.1, -0.05) is 12.8 Å². The molecule has 162 valence electrons. The molecule has 1 saturated carbocycles. The predicted molar refractivity (Wildman–Crippen MR) is 113 cm³/mol. The van der Waals surface area contributed by atoms with Gasteiger partial charge in [-0.15, -0.1) is 0 Å². The van der Waals surface area contributed by atoms with Gasteiger partial charge in [0.15, 0.2) is 11.6 Å². The predicted octanol–water partition coefficient (Wildman–Crippen LogP) is 2.32. The van der Waals surface area contributed by atoms with Gasteiger partial charge in [-0.2, -0.15) is 0 Å². The number of carbonyl (C=O) groups is 2. The van der Waals surface area contributed by atoms with Gasteiger partial charge in [0.25, 0.3) is 5.91 Å².